The molecule has 2 amide bonds. The summed E-state index contributed by atoms with van der Waals surface area (Å²) in [7, 11) is 0. The van der Waals surface area contributed by atoms with Gasteiger partial charge in [-0.05, 0) is 55.3 Å². The molecule has 3 aromatic carbocycles. The van der Waals surface area contributed by atoms with Crippen LogP contribution in [0.3, 0.4) is 0 Å². The third-order valence-corrected chi connectivity index (χ3v) is 6.11. The molecular formula is C27H26N2O4. The molecule has 0 spiro atoms. The quantitative estimate of drug-likeness (QED) is 0.512. The van der Waals surface area contributed by atoms with E-state index in [1.807, 2.05) is 68.4 Å². The molecule has 0 radical (unpaired) electrons. The van der Waals surface area contributed by atoms with Gasteiger partial charge in [-0.25, -0.2) is 9.96 Å². The molecule has 0 aromatic heterocycles. The fourth-order valence-corrected chi connectivity index (χ4v) is 4.48. The number of para-hydroxylation sites is 1. The average Bonchev–Trinajstić information content (AvgIpc) is 3.35. The van der Waals surface area contributed by atoms with Gasteiger partial charge in [-0.3, -0.25) is 14.4 Å². The molecular weight excluding hydrogens is 416 g/mol. The van der Waals surface area contributed by atoms with Gasteiger partial charge in [0, 0.05) is 0 Å². The van der Waals surface area contributed by atoms with Crippen molar-refractivity contribution < 1.29 is 19.2 Å². The number of hydrogen-bond donors (Lipinski definition) is 0. The molecule has 2 fully saturated rings. The van der Waals surface area contributed by atoms with Crippen molar-refractivity contribution in [1.29, 1.82) is 0 Å². The number of amides is 2. The molecule has 6 nitrogen and oxygen atoms in total. The number of anilines is 2. The Kier molecular flexibility index (Phi) is 5.60. The summed E-state index contributed by atoms with van der Waals surface area (Å²) in [5.74, 6) is -0.528. The topological polar surface area (TPSA) is 59.1 Å². The number of aryl methyl sites for hydroxylation is 1. The first-order valence-corrected chi connectivity index (χ1v) is 11.3. The van der Waals surface area contributed by atoms with E-state index in [1.165, 1.54) is 4.90 Å². The number of hydroxylamine groups is 1. The Labute approximate surface area is 193 Å². The Hall–Kier alpha value is -3.64. The lowest BCUT2D eigenvalue weighted by Gasteiger charge is -2.28. The summed E-state index contributed by atoms with van der Waals surface area (Å²) in [5.41, 5.74) is 3.40. The minimum atomic E-state index is -0.875. The van der Waals surface area contributed by atoms with E-state index < -0.39 is 18.1 Å². The van der Waals surface area contributed by atoms with Crippen molar-refractivity contribution in [1.82, 2.24) is 0 Å². The lowest BCUT2D eigenvalue weighted by atomic mass is 9.90. The summed E-state index contributed by atoms with van der Waals surface area (Å²) in [6, 6.07) is 24.3. The maximum atomic E-state index is 13.6. The van der Waals surface area contributed by atoms with Gasteiger partial charge in [0.1, 0.15) is 11.7 Å². The van der Waals surface area contributed by atoms with Crippen LogP contribution < -0.4 is 14.7 Å². The highest BCUT2D eigenvalue weighted by Crippen LogP contribution is 2.47. The minimum absolute atomic E-state index is 0.253. The molecule has 2 aliphatic rings. The van der Waals surface area contributed by atoms with E-state index in [4.69, 9.17) is 9.57 Å². The van der Waals surface area contributed by atoms with E-state index in [2.05, 4.69) is 0 Å². The van der Waals surface area contributed by atoms with Crippen LogP contribution in [0.4, 0.5) is 11.4 Å². The van der Waals surface area contributed by atoms with Crippen molar-refractivity contribution in [2.45, 2.75) is 32.4 Å². The molecule has 5 rings (SSSR count). The van der Waals surface area contributed by atoms with Crippen LogP contribution in [0, 0.1) is 12.8 Å². The summed E-state index contributed by atoms with van der Waals surface area (Å²) in [6.45, 7) is 4.68. The van der Waals surface area contributed by atoms with Crippen molar-refractivity contribution in [2.75, 3.05) is 16.6 Å². The highest BCUT2D eigenvalue weighted by Gasteiger charge is 2.60. The van der Waals surface area contributed by atoms with Crippen LogP contribution in [0.5, 0.6) is 5.75 Å². The summed E-state index contributed by atoms with van der Waals surface area (Å²) in [5, 5.41) is 1.72. The zero-order chi connectivity index (χ0) is 22.9. The van der Waals surface area contributed by atoms with Crippen LogP contribution in [0.15, 0.2) is 78.9 Å². The standard InChI is InChI=1S/C27H26N2O4/c1-3-17-32-22-15-13-20(14-16-22)28-26(30)23-24(19-11-9-18(2)10-12-19)29(33-25(23)27(28)31)21-7-5-4-6-8-21/h4-16,23-25H,3,17H2,1-2H3/t23-,24+,25-/m1/s1. The number of rotatable bonds is 6. The largest absolute Gasteiger partial charge is 0.494 e. The highest BCUT2D eigenvalue weighted by molar-refractivity contribution is 6.23. The van der Waals surface area contributed by atoms with Gasteiger partial charge >= 0.3 is 0 Å². The maximum absolute atomic E-state index is 13.6. The van der Waals surface area contributed by atoms with Crippen LogP contribution in [0.25, 0.3) is 0 Å². The molecule has 2 aliphatic heterocycles. The second-order valence-corrected chi connectivity index (χ2v) is 8.42. The number of carbonyl (C=O) groups is 2. The smallest absolute Gasteiger partial charge is 0.266 e. The van der Waals surface area contributed by atoms with E-state index in [-0.39, 0.29) is 11.8 Å². The zero-order valence-corrected chi connectivity index (χ0v) is 18.7. The Balaban J connectivity index is 1.49. The SMILES string of the molecule is CCCOc1ccc(N2C(=O)[C@H]3[C@@H](ON(c4ccccc4)[C@H]3c3ccc(C)cc3)C2=O)cc1. The third kappa shape index (κ3) is 3.76. The van der Waals surface area contributed by atoms with Crippen LogP contribution in [0.2, 0.25) is 0 Å². The Morgan fingerprint density at radius 2 is 1.55 bits per heavy atom. The first-order chi connectivity index (χ1) is 16.1. The van der Waals surface area contributed by atoms with Gasteiger partial charge in [-0.2, -0.15) is 0 Å². The van der Waals surface area contributed by atoms with Crippen LogP contribution in [0.1, 0.15) is 30.5 Å². The molecule has 2 saturated heterocycles. The monoisotopic (exact) mass is 442 g/mol. The lowest BCUT2D eigenvalue weighted by Crippen LogP contribution is -2.37. The van der Waals surface area contributed by atoms with Crippen LogP contribution >= 0.6 is 0 Å². The average molecular weight is 443 g/mol. The first kappa shape index (κ1) is 21.2. The van der Waals surface area contributed by atoms with Crippen molar-refractivity contribution in [2.24, 2.45) is 5.92 Å². The highest BCUT2D eigenvalue weighted by atomic mass is 16.7. The number of fused-ring (bicyclic) bond motifs is 1. The van der Waals surface area contributed by atoms with Gasteiger partial charge in [0.25, 0.3) is 5.91 Å². The fraction of sp³-hybridized carbons (Fsp3) is 0.259. The molecule has 0 saturated carbocycles. The van der Waals surface area contributed by atoms with E-state index in [0.717, 1.165) is 23.2 Å². The molecule has 0 N–H and O–H groups in total. The van der Waals surface area contributed by atoms with Gasteiger partial charge in [0.05, 0.1) is 24.0 Å². The molecule has 168 valence electrons. The number of hydrogen-bond acceptors (Lipinski definition) is 5. The van der Waals surface area contributed by atoms with E-state index >= 15 is 0 Å². The van der Waals surface area contributed by atoms with E-state index in [9.17, 15) is 9.59 Å². The van der Waals surface area contributed by atoms with E-state index in [1.54, 1.807) is 29.3 Å². The minimum Gasteiger partial charge on any atom is -0.494 e. The second-order valence-electron chi connectivity index (χ2n) is 8.42. The lowest BCUT2D eigenvalue weighted by molar-refractivity contribution is -0.126. The fourth-order valence-electron chi connectivity index (χ4n) is 4.48. The molecule has 2 heterocycles. The predicted octanol–water partition coefficient (Wildman–Crippen LogP) is 4.83. The number of ether oxygens (including phenoxy) is 1. The molecule has 0 aliphatic carbocycles. The predicted molar refractivity (Wildman–Crippen MR) is 126 cm³/mol. The molecule has 6 heteroatoms. The van der Waals surface area contributed by atoms with Gasteiger partial charge in [-0.1, -0.05) is 55.0 Å². The Morgan fingerprint density at radius 1 is 0.848 bits per heavy atom. The summed E-state index contributed by atoms with van der Waals surface area (Å²) >= 11 is 0. The van der Waals surface area contributed by atoms with Gasteiger partial charge in [0.2, 0.25) is 5.91 Å². The molecule has 0 unspecified atom stereocenters. The molecule has 33 heavy (non-hydrogen) atoms. The normalized spacial score (nSPS) is 22.1. The molecule has 3 aromatic rings. The number of nitrogens with zero attached hydrogens (tertiary/aromatic N) is 2. The van der Waals surface area contributed by atoms with Gasteiger partial charge in [-0.15, -0.1) is 0 Å². The number of benzene rings is 3. The number of imide groups is 1. The Bertz CT molecular complexity index is 1150. The van der Waals surface area contributed by atoms with Gasteiger partial charge < -0.3 is 4.74 Å². The van der Waals surface area contributed by atoms with Crippen LogP contribution in [-0.2, 0) is 14.4 Å². The second kappa shape index (κ2) is 8.71. The zero-order valence-electron chi connectivity index (χ0n) is 18.7. The summed E-state index contributed by atoms with van der Waals surface area (Å²) in [6.07, 6.45) is 0.0316. The Morgan fingerprint density at radius 3 is 2.21 bits per heavy atom. The molecule has 0 bridgehead atoms. The first-order valence-electron chi connectivity index (χ1n) is 11.3. The van der Waals surface area contributed by atoms with Crippen molar-refractivity contribution >= 4 is 23.2 Å². The van der Waals surface area contributed by atoms with Crippen molar-refractivity contribution in [3.05, 3.63) is 90.0 Å². The van der Waals surface area contributed by atoms with Crippen molar-refractivity contribution in [3.8, 4) is 5.75 Å². The molecule has 3 atom stereocenters. The maximum Gasteiger partial charge on any atom is 0.266 e. The van der Waals surface area contributed by atoms with E-state index in [0.29, 0.717) is 18.0 Å². The van der Waals surface area contributed by atoms with Gasteiger partial charge in [0.15, 0.2) is 6.10 Å². The van der Waals surface area contributed by atoms with Crippen LogP contribution in [-0.4, -0.2) is 24.5 Å². The summed E-state index contributed by atoms with van der Waals surface area (Å²) < 4.78 is 5.63. The van der Waals surface area contributed by atoms with Crippen molar-refractivity contribution in [3.63, 3.8) is 0 Å². The third-order valence-electron chi connectivity index (χ3n) is 6.11. The summed E-state index contributed by atoms with van der Waals surface area (Å²) in [4.78, 5) is 34.5. The number of carbonyl (C=O) groups excluding carboxylic acids is 2.